The minimum Gasteiger partial charge on any atom is -0.488 e. The summed E-state index contributed by atoms with van der Waals surface area (Å²) in [5, 5.41) is 10.3. The van der Waals surface area contributed by atoms with E-state index < -0.39 is 0 Å². The molecule has 1 aliphatic rings. The summed E-state index contributed by atoms with van der Waals surface area (Å²) in [5.74, 6) is 1.74. The monoisotopic (exact) mass is 440 g/mol. The molecule has 2 aromatic carbocycles. The Labute approximate surface area is 191 Å². The molecule has 1 aliphatic heterocycles. The Balaban J connectivity index is 1.61. The van der Waals surface area contributed by atoms with Gasteiger partial charge in [0.25, 0.3) is 0 Å². The zero-order chi connectivity index (χ0) is 22.2. The quantitative estimate of drug-likeness (QED) is 0.370. The van der Waals surface area contributed by atoms with Crippen molar-refractivity contribution in [3.63, 3.8) is 0 Å². The summed E-state index contributed by atoms with van der Waals surface area (Å²) in [7, 11) is 0. The van der Waals surface area contributed by atoms with Gasteiger partial charge in [0.2, 0.25) is 0 Å². The van der Waals surface area contributed by atoms with Crippen LogP contribution in [0.25, 0.3) is 16.7 Å². The lowest BCUT2D eigenvalue weighted by atomic mass is 9.90. The van der Waals surface area contributed by atoms with Crippen molar-refractivity contribution in [3.8, 4) is 11.8 Å². The number of aryl methyl sites for hydroxylation is 1. The van der Waals surface area contributed by atoms with Crippen molar-refractivity contribution < 1.29 is 4.74 Å². The predicted octanol–water partition coefficient (Wildman–Crippen LogP) is 5.93. The average molecular weight is 441 g/mol. The predicted molar refractivity (Wildman–Crippen MR) is 126 cm³/mol. The van der Waals surface area contributed by atoms with Gasteiger partial charge in [-0.25, -0.2) is 9.97 Å². The number of hydrogen-bond acceptors (Lipinski definition) is 4. The average Bonchev–Trinajstić information content (AvgIpc) is 3.09. The zero-order valence-corrected chi connectivity index (χ0v) is 18.6. The first-order valence-corrected chi connectivity index (χ1v) is 10.9. The van der Waals surface area contributed by atoms with Crippen LogP contribution in [0.3, 0.4) is 0 Å². The summed E-state index contributed by atoms with van der Waals surface area (Å²) < 4.78 is 8.25. The van der Waals surface area contributed by atoms with Gasteiger partial charge in [0.15, 0.2) is 5.65 Å². The Kier molecular flexibility index (Phi) is 5.16. The molecule has 0 amide bonds. The van der Waals surface area contributed by atoms with Crippen molar-refractivity contribution in [1.82, 2.24) is 14.5 Å². The van der Waals surface area contributed by atoms with Crippen LogP contribution < -0.4 is 4.74 Å². The van der Waals surface area contributed by atoms with Crippen molar-refractivity contribution in [1.29, 1.82) is 5.26 Å². The zero-order valence-electron chi connectivity index (χ0n) is 17.9. The first-order valence-electron chi connectivity index (χ1n) is 10.6. The summed E-state index contributed by atoms with van der Waals surface area (Å²) >= 11 is 6.36. The Morgan fingerprint density at radius 3 is 2.84 bits per heavy atom. The molecule has 32 heavy (non-hydrogen) atoms. The highest BCUT2D eigenvalue weighted by molar-refractivity contribution is 6.34. The Morgan fingerprint density at radius 2 is 2.03 bits per heavy atom. The lowest BCUT2D eigenvalue weighted by Crippen LogP contribution is -2.06. The van der Waals surface area contributed by atoms with Gasteiger partial charge in [-0.05, 0) is 41.8 Å². The number of rotatable bonds is 3. The van der Waals surface area contributed by atoms with Crippen LogP contribution in [0.1, 0.15) is 41.9 Å². The molecule has 0 N–H and O–H groups in total. The highest BCUT2D eigenvalue weighted by Crippen LogP contribution is 2.38. The number of imidazole rings is 1. The number of nitrogens with zero attached hydrogens (tertiary/aromatic N) is 4. The summed E-state index contributed by atoms with van der Waals surface area (Å²) in [6.07, 6.45) is 2.50. The molecular formula is C26H21ClN4O. The maximum Gasteiger partial charge on any atom is 0.161 e. The minimum atomic E-state index is 0.442. The molecular weight excluding hydrogens is 420 g/mol. The van der Waals surface area contributed by atoms with Crippen molar-refractivity contribution in [3.05, 3.63) is 93.4 Å². The first-order chi connectivity index (χ1) is 15.6. The maximum absolute atomic E-state index is 9.66. The Hall–Kier alpha value is -3.62. The van der Waals surface area contributed by atoms with Gasteiger partial charge in [-0.3, -0.25) is 0 Å². The standard InChI is InChI=1S/C26H21ClN4O/c1-3-23-30-25-21(27)10-11-29-26(25)31(23)14-17-8-9-19-18(12-17)15-32-22-7-5-4-6-20(22)24(19)16(2)13-28/h4-12H,3,14-15H2,1-2H3/b24-16-. The fourth-order valence-corrected chi connectivity index (χ4v) is 4.50. The van der Waals surface area contributed by atoms with E-state index in [9.17, 15) is 5.26 Å². The fourth-order valence-electron chi connectivity index (χ4n) is 4.32. The van der Waals surface area contributed by atoms with E-state index in [0.29, 0.717) is 23.7 Å². The Morgan fingerprint density at radius 1 is 1.19 bits per heavy atom. The molecule has 0 atom stereocenters. The molecule has 5 rings (SSSR count). The van der Waals surface area contributed by atoms with E-state index in [-0.39, 0.29) is 0 Å². The third-order valence-electron chi connectivity index (χ3n) is 5.84. The van der Waals surface area contributed by atoms with Crippen LogP contribution in [0.2, 0.25) is 5.02 Å². The molecule has 158 valence electrons. The second kappa shape index (κ2) is 8.14. The van der Waals surface area contributed by atoms with E-state index in [1.807, 2.05) is 31.2 Å². The lowest BCUT2D eigenvalue weighted by Gasteiger charge is -2.13. The van der Waals surface area contributed by atoms with Crippen LogP contribution in [0.5, 0.6) is 5.75 Å². The van der Waals surface area contributed by atoms with E-state index in [2.05, 4.69) is 40.7 Å². The van der Waals surface area contributed by atoms with Crippen molar-refractivity contribution in [2.24, 2.45) is 0 Å². The summed E-state index contributed by atoms with van der Waals surface area (Å²) in [6, 6.07) is 18.3. The number of para-hydroxylation sites is 1. The van der Waals surface area contributed by atoms with Crippen LogP contribution in [0.4, 0.5) is 0 Å². The molecule has 0 radical (unpaired) electrons. The maximum atomic E-state index is 9.66. The number of hydrogen-bond donors (Lipinski definition) is 0. The van der Waals surface area contributed by atoms with Gasteiger partial charge in [0.05, 0.1) is 17.6 Å². The first kappa shape index (κ1) is 20.3. The van der Waals surface area contributed by atoms with Crippen molar-refractivity contribution >= 4 is 28.3 Å². The third-order valence-corrected chi connectivity index (χ3v) is 6.15. The fraction of sp³-hybridized carbons (Fsp3) is 0.192. The number of benzene rings is 2. The van der Waals surface area contributed by atoms with E-state index in [4.69, 9.17) is 21.3 Å². The number of ether oxygens (including phenoxy) is 1. The van der Waals surface area contributed by atoms with Gasteiger partial charge in [0.1, 0.15) is 23.7 Å². The van der Waals surface area contributed by atoms with Crippen LogP contribution in [-0.4, -0.2) is 14.5 Å². The molecule has 5 nitrogen and oxygen atoms in total. The van der Waals surface area contributed by atoms with E-state index in [0.717, 1.165) is 57.0 Å². The minimum absolute atomic E-state index is 0.442. The van der Waals surface area contributed by atoms with Crippen LogP contribution in [-0.2, 0) is 19.6 Å². The van der Waals surface area contributed by atoms with Gasteiger partial charge in [0, 0.05) is 29.3 Å². The van der Waals surface area contributed by atoms with Crippen LogP contribution in [0, 0.1) is 11.3 Å². The summed E-state index contributed by atoms with van der Waals surface area (Å²) in [5.41, 5.74) is 7.27. The highest BCUT2D eigenvalue weighted by Gasteiger charge is 2.22. The van der Waals surface area contributed by atoms with Crippen molar-refractivity contribution in [2.75, 3.05) is 0 Å². The van der Waals surface area contributed by atoms with Gasteiger partial charge in [-0.2, -0.15) is 5.26 Å². The number of nitriles is 1. The number of allylic oxidation sites excluding steroid dienone is 1. The molecule has 0 saturated carbocycles. The molecule has 0 bridgehead atoms. The van der Waals surface area contributed by atoms with Gasteiger partial charge >= 0.3 is 0 Å². The molecule has 0 unspecified atom stereocenters. The molecule has 6 heteroatoms. The highest BCUT2D eigenvalue weighted by atomic mass is 35.5. The summed E-state index contributed by atoms with van der Waals surface area (Å²) in [6.45, 7) is 5.01. The Bertz CT molecular complexity index is 1430. The molecule has 0 spiro atoms. The SMILES string of the molecule is CCc1nc2c(Cl)ccnc2n1Cc1ccc2c(c1)COc1ccccc1/C2=C(/C)C#N. The molecule has 2 aromatic heterocycles. The largest absolute Gasteiger partial charge is 0.488 e. The van der Waals surface area contributed by atoms with Gasteiger partial charge in [-0.1, -0.05) is 48.9 Å². The van der Waals surface area contributed by atoms with E-state index in [1.54, 1.807) is 12.3 Å². The molecule has 0 aliphatic carbocycles. The third kappa shape index (κ3) is 3.34. The van der Waals surface area contributed by atoms with Crippen molar-refractivity contribution in [2.45, 2.75) is 33.4 Å². The number of aromatic nitrogens is 3. The number of pyridine rings is 1. The topological polar surface area (TPSA) is 63.7 Å². The molecule has 0 saturated heterocycles. The number of fused-ring (bicyclic) bond motifs is 3. The van der Waals surface area contributed by atoms with Gasteiger partial charge in [-0.15, -0.1) is 0 Å². The molecule has 4 aromatic rings. The summed E-state index contributed by atoms with van der Waals surface area (Å²) in [4.78, 5) is 9.23. The second-order valence-corrected chi connectivity index (χ2v) is 8.23. The van der Waals surface area contributed by atoms with E-state index >= 15 is 0 Å². The van der Waals surface area contributed by atoms with Crippen LogP contribution >= 0.6 is 11.6 Å². The van der Waals surface area contributed by atoms with Gasteiger partial charge < -0.3 is 9.30 Å². The van der Waals surface area contributed by atoms with Crippen LogP contribution in [0.15, 0.2) is 60.3 Å². The number of halogens is 1. The molecule has 3 heterocycles. The van der Waals surface area contributed by atoms with E-state index in [1.165, 1.54) is 0 Å². The smallest absolute Gasteiger partial charge is 0.161 e. The lowest BCUT2D eigenvalue weighted by molar-refractivity contribution is 0.307. The molecule has 0 fully saturated rings. The second-order valence-electron chi connectivity index (χ2n) is 7.82. The normalized spacial score (nSPS) is 14.2.